The fourth-order valence-electron chi connectivity index (χ4n) is 2.15. The average Bonchev–Trinajstić information content (AvgIpc) is 2.52. The van der Waals surface area contributed by atoms with Gasteiger partial charge in [-0.05, 0) is 23.6 Å². The minimum absolute atomic E-state index is 0.0000979. The van der Waals surface area contributed by atoms with Crippen molar-refractivity contribution in [2.45, 2.75) is 31.9 Å². The molecule has 1 aliphatic rings. The van der Waals surface area contributed by atoms with Crippen LogP contribution in [0.5, 0.6) is 0 Å². The highest BCUT2D eigenvalue weighted by molar-refractivity contribution is 7.91. The van der Waals surface area contributed by atoms with Gasteiger partial charge in [-0.1, -0.05) is 26.0 Å². The van der Waals surface area contributed by atoms with Crippen LogP contribution in [0.15, 0.2) is 24.3 Å². The molecule has 1 heterocycles. The van der Waals surface area contributed by atoms with E-state index in [2.05, 4.69) is 19.2 Å². The third kappa shape index (κ3) is 3.03. The summed E-state index contributed by atoms with van der Waals surface area (Å²) in [6.07, 6.45) is -0.820. The number of anilines is 1. The Morgan fingerprint density at radius 3 is 2.28 bits per heavy atom. The van der Waals surface area contributed by atoms with Crippen molar-refractivity contribution < 1.29 is 13.5 Å². The predicted octanol–water partition coefficient (Wildman–Crippen LogP) is 1.38. The van der Waals surface area contributed by atoms with Gasteiger partial charge in [0.15, 0.2) is 9.84 Å². The van der Waals surface area contributed by atoms with E-state index >= 15 is 0 Å². The first-order valence-corrected chi connectivity index (χ1v) is 7.94. The SMILES string of the molecule is CC(C)c1ccc(NC2CS(=O)(=O)CC2O)cc1. The van der Waals surface area contributed by atoms with Gasteiger partial charge in [-0.3, -0.25) is 0 Å². The van der Waals surface area contributed by atoms with Gasteiger partial charge in [0.25, 0.3) is 0 Å². The van der Waals surface area contributed by atoms with Crippen molar-refractivity contribution in [3.63, 3.8) is 0 Å². The van der Waals surface area contributed by atoms with Crippen LogP contribution in [0.3, 0.4) is 0 Å². The summed E-state index contributed by atoms with van der Waals surface area (Å²) in [4.78, 5) is 0. The Morgan fingerprint density at radius 2 is 1.83 bits per heavy atom. The smallest absolute Gasteiger partial charge is 0.155 e. The van der Waals surface area contributed by atoms with Crippen molar-refractivity contribution in [2.75, 3.05) is 16.8 Å². The average molecular weight is 269 g/mol. The van der Waals surface area contributed by atoms with E-state index in [1.807, 2.05) is 24.3 Å². The molecule has 5 heteroatoms. The predicted molar refractivity (Wildman–Crippen MR) is 72.6 cm³/mol. The van der Waals surface area contributed by atoms with Gasteiger partial charge in [0.1, 0.15) is 0 Å². The van der Waals surface area contributed by atoms with Gasteiger partial charge in [0.2, 0.25) is 0 Å². The minimum Gasteiger partial charge on any atom is -0.390 e. The lowest BCUT2D eigenvalue weighted by molar-refractivity contribution is 0.190. The molecule has 0 spiro atoms. The fraction of sp³-hybridized carbons (Fsp3) is 0.538. The van der Waals surface area contributed by atoms with E-state index in [1.54, 1.807) is 0 Å². The zero-order valence-corrected chi connectivity index (χ0v) is 11.4. The summed E-state index contributed by atoms with van der Waals surface area (Å²) >= 11 is 0. The van der Waals surface area contributed by atoms with Crippen molar-refractivity contribution in [1.82, 2.24) is 0 Å². The Bertz CT molecular complexity index is 508. The molecule has 2 unspecified atom stereocenters. The second kappa shape index (κ2) is 4.90. The Kier molecular flexibility index (Phi) is 3.64. The molecule has 2 rings (SSSR count). The summed E-state index contributed by atoms with van der Waals surface area (Å²) in [6.45, 7) is 4.24. The van der Waals surface area contributed by atoms with E-state index in [0.717, 1.165) is 5.69 Å². The molecule has 0 aromatic heterocycles. The Labute approximate surface area is 108 Å². The van der Waals surface area contributed by atoms with Gasteiger partial charge in [0.05, 0.1) is 23.7 Å². The summed E-state index contributed by atoms with van der Waals surface area (Å²) in [5, 5.41) is 12.8. The third-order valence-corrected chi connectivity index (χ3v) is 4.97. The fourth-order valence-corrected chi connectivity index (χ4v) is 3.89. The molecule has 0 bridgehead atoms. The highest BCUT2D eigenvalue weighted by atomic mass is 32.2. The van der Waals surface area contributed by atoms with E-state index in [1.165, 1.54) is 5.56 Å². The molecule has 18 heavy (non-hydrogen) atoms. The minimum atomic E-state index is -3.10. The zero-order valence-electron chi connectivity index (χ0n) is 10.6. The number of rotatable bonds is 3. The zero-order chi connectivity index (χ0) is 13.3. The van der Waals surface area contributed by atoms with E-state index in [9.17, 15) is 13.5 Å². The maximum Gasteiger partial charge on any atom is 0.155 e. The highest BCUT2D eigenvalue weighted by Crippen LogP contribution is 2.21. The molecule has 100 valence electrons. The summed E-state index contributed by atoms with van der Waals surface area (Å²) in [7, 11) is -3.10. The van der Waals surface area contributed by atoms with E-state index < -0.39 is 22.0 Å². The first kappa shape index (κ1) is 13.4. The van der Waals surface area contributed by atoms with Gasteiger partial charge in [-0.2, -0.15) is 0 Å². The van der Waals surface area contributed by atoms with Crippen LogP contribution in [0, 0.1) is 0 Å². The monoisotopic (exact) mass is 269 g/mol. The lowest BCUT2D eigenvalue weighted by atomic mass is 10.0. The van der Waals surface area contributed by atoms with Crippen LogP contribution in [-0.4, -0.2) is 37.2 Å². The van der Waals surface area contributed by atoms with Crippen LogP contribution in [0.25, 0.3) is 0 Å². The van der Waals surface area contributed by atoms with E-state index in [0.29, 0.717) is 5.92 Å². The van der Waals surface area contributed by atoms with Crippen LogP contribution < -0.4 is 5.32 Å². The summed E-state index contributed by atoms with van der Waals surface area (Å²) < 4.78 is 22.8. The lowest BCUT2D eigenvalue weighted by Gasteiger charge is -2.16. The number of benzene rings is 1. The Balaban J connectivity index is 2.06. The molecule has 2 N–H and O–H groups in total. The van der Waals surface area contributed by atoms with Crippen molar-refractivity contribution >= 4 is 15.5 Å². The number of hydrogen-bond donors (Lipinski definition) is 2. The second-order valence-electron chi connectivity index (χ2n) is 5.17. The number of hydrogen-bond acceptors (Lipinski definition) is 4. The van der Waals surface area contributed by atoms with Gasteiger partial charge >= 0.3 is 0 Å². The molecule has 0 aliphatic carbocycles. The lowest BCUT2D eigenvalue weighted by Crippen LogP contribution is -2.31. The molecule has 1 fully saturated rings. The van der Waals surface area contributed by atoms with E-state index in [4.69, 9.17) is 0 Å². The molecule has 2 atom stereocenters. The van der Waals surface area contributed by atoms with Gasteiger partial charge < -0.3 is 10.4 Å². The van der Waals surface area contributed by atoms with Crippen LogP contribution in [0.1, 0.15) is 25.3 Å². The van der Waals surface area contributed by atoms with Crippen LogP contribution >= 0.6 is 0 Å². The first-order valence-electron chi connectivity index (χ1n) is 6.12. The molecular formula is C13H19NO3S. The van der Waals surface area contributed by atoms with Crippen LogP contribution in [0.4, 0.5) is 5.69 Å². The molecule has 0 radical (unpaired) electrons. The van der Waals surface area contributed by atoms with Gasteiger partial charge in [-0.15, -0.1) is 0 Å². The molecular weight excluding hydrogens is 250 g/mol. The number of nitrogens with one attached hydrogen (secondary N) is 1. The number of aliphatic hydroxyl groups is 1. The van der Waals surface area contributed by atoms with Gasteiger partial charge in [0, 0.05) is 5.69 Å². The largest absolute Gasteiger partial charge is 0.390 e. The van der Waals surface area contributed by atoms with Crippen molar-refractivity contribution in [3.05, 3.63) is 29.8 Å². The summed E-state index contributed by atoms with van der Waals surface area (Å²) in [5.74, 6) is 0.325. The molecule has 1 saturated heterocycles. The maximum absolute atomic E-state index is 11.4. The first-order chi connectivity index (χ1) is 8.37. The normalized spacial score (nSPS) is 26.4. The van der Waals surface area contributed by atoms with Crippen molar-refractivity contribution in [3.8, 4) is 0 Å². The maximum atomic E-state index is 11.4. The summed E-state index contributed by atoms with van der Waals surface area (Å²) in [6, 6.07) is 7.48. The quantitative estimate of drug-likeness (QED) is 0.870. The number of aliphatic hydroxyl groups excluding tert-OH is 1. The third-order valence-electron chi connectivity index (χ3n) is 3.25. The van der Waals surface area contributed by atoms with Crippen LogP contribution in [0.2, 0.25) is 0 Å². The summed E-state index contributed by atoms with van der Waals surface area (Å²) in [5.41, 5.74) is 2.08. The van der Waals surface area contributed by atoms with Gasteiger partial charge in [-0.25, -0.2) is 8.42 Å². The molecule has 0 amide bonds. The topological polar surface area (TPSA) is 66.4 Å². The van der Waals surface area contributed by atoms with Crippen molar-refractivity contribution in [1.29, 1.82) is 0 Å². The molecule has 4 nitrogen and oxygen atoms in total. The van der Waals surface area contributed by atoms with E-state index in [-0.39, 0.29) is 11.5 Å². The highest BCUT2D eigenvalue weighted by Gasteiger charge is 2.36. The molecule has 1 aromatic rings. The Morgan fingerprint density at radius 1 is 1.22 bits per heavy atom. The standard InChI is InChI=1S/C13H19NO3S/c1-9(2)10-3-5-11(6-4-10)14-12-7-18(16,17)8-13(12)15/h3-6,9,12-15H,7-8H2,1-2H3. The second-order valence-corrected chi connectivity index (χ2v) is 7.33. The van der Waals surface area contributed by atoms with Crippen molar-refractivity contribution in [2.24, 2.45) is 0 Å². The molecule has 1 aromatic carbocycles. The molecule has 1 aliphatic heterocycles. The number of sulfone groups is 1. The Hall–Kier alpha value is -1.07. The molecule has 0 saturated carbocycles. The van der Waals surface area contributed by atoms with Crippen LogP contribution in [-0.2, 0) is 9.84 Å².